The van der Waals surface area contributed by atoms with Crippen LogP contribution in [0.3, 0.4) is 0 Å². The molecular formula is C15H14O. The van der Waals surface area contributed by atoms with Gasteiger partial charge in [-0.15, -0.1) is 24.6 Å². The van der Waals surface area contributed by atoms with Crippen LogP contribution in [-0.2, 0) is 4.42 Å². The highest BCUT2D eigenvalue weighted by Gasteiger charge is 1.97. The van der Waals surface area contributed by atoms with E-state index in [1.807, 2.05) is 37.6 Å². The Balaban J connectivity index is 2.17. The summed E-state index contributed by atoms with van der Waals surface area (Å²) in [5.41, 5.74) is 3.41. The molecule has 1 aromatic rings. The first kappa shape index (κ1) is 10.5. The summed E-state index contributed by atoms with van der Waals surface area (Å²) in [7, 11) is 0. The molecule has 0 radical (unpaired) electrons. The van der Waals surface area contributed by atoms with Gasteiger partial charge in [0.1, 0.15) is 0 Å². The van der Waals surface area contributed by atoms with E-state index in [0.29, 0.717) is 6.61 Å². The minimum atomic E-state index is 0.653. The lowest BCUT2D eigenvalue weighted by Gasteiger charge is -2.13. The number of rotatable bonds is 2. The highest BCUT2D eigenvalue weighted by atomic mass is 16.4. The van der Waals surface area contributed by atoms with Gasteiger partial charge in [0.25, 0.3) is 6.61 Å². The zero-order chi connectivity index (χ0) is 11.2. The van der Waals surface area contributed by atoms with Crippen molar-refractivity contribution in [1.82, 2.24) is 0 Å². The molecule has 1 aromatic carbocycles. The van der Waals surface area contributed by atoms with Gasteiger partial charge < -0.3 is 0 Å². The third kappa shape index (κ3) is 2.53. The lowest BCUT2D eigenvalue weighted by atomic mass is 9.98. The van der Waals surface area contributed by atoms with Crippen LogP contribution < -0.4 is 0 Å². The maximum Gasteiger partial charge on any atom is 0.261 e. The van der Waals surface area contributed by atoms with Crippen molar-refractivity contribution in [1.29, 1.82) is 0 Å². The van der Waals surface area contributed by atoms with Crippen LogP contribution in [0, 0.1) is 6.42 Å². The van der Waals surface area contributed by atoms with E-state index in [9.17, 15) is 0 Å². The average molecular weight is 210 g/mol. The van der Waals surface area contributed by atoms with E-state index in [0.717, 1.165) is 5.57 Å². The van der Waals surface area contributed by atoms with Gasteiger partial charge in [-0.3, -0.25) is 4.42 Å². The SMILES string of the molecule is CC[O+]=C=C1C=CC(c2ccccc2)=C[CH-]1. The summed E-state index contributed by atoms with van der Waals surface area (Å²) in [6.07, 6.45) is 8.18. The summed E-state index contributed by atoms with van der Waals surface area (Å²) in [6, 6.07) is 10.3. The zero-order valence-electron chi connectivity index (χ0n) is 9.31. The van der Waals surface area contributed by atoms with Gasteiger partial charge in [-0.1, -0.05) is 41.5 Å². The van der Waals surface area contributed by atoms with Crippen molar-refractivity contribution in [2.24, 2.45) is 0 Å². The summed E-state index contributed by atoms with van der Waals surface area (Å²) >= 11 is 0. The van der Waals surface area contributed by atoms with E-state index in [1.54, 1.807) is 0 Å². The first-order valence-corrected chi connectivity index (χ1v) is 5.43. The van der Waals surface area contributed by atoms with Crippen LogP contribution in [0.5, 0.6) is 0 Å². The van der Waals surface area contributed by atoms with Gasteiger partial charge in [-0.05, 0) is 5.57 Å². The molecule has 0 fully saturated rings. The van der Waals surface area contributed by atoms with Crippen LogP contribution in [-0.4, -0.2) is 12.5 Å². The monoisotopic (exact) mass is 210 g/mol. The van der Waals surface area contributed by atoms with E-state index in [4.69, 9.17) is 4.42 Å². The Bertz CT molecular complexity index is 471. The fourth-order valence-corrected chi connectivity index (χ4v) is 1.52. The molecule has 2 rings (SSSR count). The van der Waals surface area contributed by atoms with Crippen LogP contribution in [0.15, 0.2) is 54.1 Å². The van der Waals surface area contributed by atoms with Gasteiger partial charge in [0.15, 0.2) is 0 Å². The molecule has 16 heavy (non-hydrogen) atoms. The summed E-state index contributed by atoms with van der Waals surface area (Å²) in [4.78, 5) is 0. The molecule has 1 heteroatoms. The normalized spacial score (nSPS) is 13.8. The van der Waals surface area contributed by atoms with Gasteiger partial charge in [0.2, 0.25) is 5.94 Å². The van der Waals surface area contributed by atoms with Crippen LogP contribution in [0.4, 0.5) is 0 Å². The number of hydrogen-bond acceptors (Lipinski definition) is 0. The Labute approximate surface area is 96.1 Å². The highest BCUT2D eigenvalue weighted by Crippen LogP contribution is 2.21. The number of hydrogen-bond donors (Lipinski definition) is 0. The minimum absolute atomic E-state index is 0.653. The Morgan fingerprint density at radius 3 is 2.62 bits per heavy atom. The van der Waals surface area contributed by atoms with Crippen molar-refractivity contribution < 1.29 is 4.42 Å². The van der Waals surface area contributed by atoms with Gasteiger partial charge in [0, 0.05) is 6.92 Å². The van der Waals surface area contributed by atoms with Crippen molar-refractivity contribution >= 4 is 11.5 Å². The topological polar surface area (TPSA) is 11.3 Å². The molecule has 80 valence electrons. The Hall–Kier alpha value is -1.98. The van der Waals surface area contributed by atoms with Crippen molar-refractivity contribution in [3.63, 3.8) is 0 Å². The van der Waals surface area contributed by atoms with Gasteiger partial charge in [0.05, 0.1) is 0 Å². The second kappa shape index (κ2) is 5.20. The summed E-state index contributed by atoms with van der Waals surface area (Å²) < 4.78 is 5.12. The largest absolute Gasteiger partial charge is 0.261 e. The first-order valence-electron chi connectivity index (χ1n) is 5.43. The fraction of sp³-hybridized carbons (Fsp3) is 0.133. The molecule has 0 spiro atoms. The zero-order valence-corrected chi connectivity index (χ0v) is 9.31. The quantitative estimate of drug-likeness (QED) is 0.403. The molecule has 0 heterocycles. The smallest absolute Gasteiger partial charge is 0.256 e. The van der Waals surface area contributed by atoms with Crippen molar-refractivity contribution in [3.05, 3.63) is 66.1 Å². The number of benzene rings is 1. The lowest BCUT2D eigenvalue weighted by molar-refractivity contribution is 0.127. The summed E-state index contributed by atoms with van der Waals surface area (Å²) in [6.45, 7) is 2.60. The Morgan fingerprint density at radius 2 is 2.00 bits per heavy atom. The molecule has 0 aliphatic heterocycles. The van der Waals surface area contributed by atoms with Crippen LogP contribution in [0.2, 0.25) is 0 Å². The highest BCUT2D eigenvalue weighted by molar-refractivity contribution is 5.81. The molecule has 1 aliphatic carbocycles. The van der Waals surface area contributed by atoms with Crippen molar-refractivity contribution in [2.45, 2.75) is 6.92 Å². The number of carbonyl (C=O) groups excluding carboxylic acids is 1. The first-order chi connectivity index (χ1) is 7.90. The molecule has 1 aliphatic rings. The van der Waals surface area contributed by atoms with Crippen LogP contribution >= 0.6 is 0 Å². The summed E-state index contributed by atoms with van der Waals surface area (Å²) in [5.74, 6) is 2.87. The lowest BCUT2D eigenvalue weighted by Crippen LogP contribution is -1.90. The van der Waals surface area contributed by atoms with Crippen LogP contribution in [0.25, 0.3) is 5.57 Å². The minimum Gasteiger partial charge on any atom is -0.256 e. The number of allylic oxidation sites excluding steroid dienone is 5. The predicted octanol–water partition coefficient (Wildman–Crippen LogP) is 3.16. The Kier molecular flexibility index (Phi) is 3.42. The van der Waals surface area contributed by atoms with Crippen molar-refractivity contribution in [2.75, 3.05) is 6.61 Å². The molecule has 0 unspecified atom stereocenters. The van der Waals surface area contributed by atoms with Gasteiger partial charge in [-0.2, -0.15) is 0 Å². The van der Waals surface area contributed by atoms with E-state index < -0.39 is 0 Å². The second-order valence-electron chi connectivity index (χ2n) is 3.48. The standard InChI is InChI=1S/C15H14O/c1-2-16-12-13-8-10-15(11-9-13)14-6-4-3-5-7-14/h3-11H,2H2,1H3. The van der Waals surface area contributed by atoms with Gasteiger partial charge >= 0.3 is 0 Å². The predicted molar refractivity (Wildman–Crippen MR) is 67.6 cm³/mol. The molecule has 0 bridgehead atoms. The molecule has 0 saturated heterocycles. The third-order valence-corrected chi connectivity index (χ3v) is 2.33. The maximum absolute atomic E-state index is 5.12. The molecule has 0 N–H and O–H groups in total. The Morgan fingerprint density at radius 1 is 1.19 bits per heavy atom. The second-order valence-corrected chi connectivity index (χ2v) is 3.48. The maximum atomic E-state index is 5.12. The average Bonchev–Trinajstić information content (AvgIpc) is 2.38. The summed E-state index contributed by atoms with van der Waals surface area (Å²) in [5, 5.41) is 0. The molecule has 0 aromatic heterocycles. The van der Waals surface area contributed by atoms with Crippen LogP contribution in [0.1, 0.15) is 12.5 Å². The third-order valence-electron chi connectivity index (χ3n) is 2.33. The van der Waals surface area contributed by atoms with E-state index >= 15 is 0 Å². The van der Waals surface area contributed by atoms with Crippen molar-refractivity contribution in [3.8, 4) is 0 Å². The molecule has 1 nitrogen and oxygen atoms in total. The van der Waals surface area contributed by atoms with E-state index in [2.05, 4.69) is 30.2 Å². The molecule has 0 amide bonds. The molecular weight excluding hydrogens is 196 g/mol. The fourth-order valence-electron chi connectivity index (χ4n) is 1.52. The molecule has 0 saturated carbocycles. The van der Waals surface area contributed by atoms with Gasteiger partial charge in [-0.25, -0.2) is 0 Å². The van der Waals surface area contributed by atoms with E-state index in [1.165, 1.54) is 11.1 Å². The van der Waals surface area contributed by atoms with E-state index in [-0.39, 0.29) is 0 Å². The molecule has 0 atom stereocenters.